The van der Waals surface area contributed by atoms with Gasteiger partial charge in [-0.2, -0.15) is 0 Å². The van der Waals surface area contributed by atoms with Crippen molar-refractivity contribution in [1.82, 2.24) is 9.80 Å². The highest BCUT2D eigenvalue weighted by atomic mass is 16.3. The van der Waals surface area contributed by atoms with Gasteiger partial charge in [-0.15, -0.1) is 0 Å². The van der Waals surface area contributed by atoms with Crippen molar-refractivity contribution in [2.45, 2.75) is 57.9 Å². The average molecular weight is 280 g/mol. The second-order valence-corrected chi connectivity index (χ2v) is 7.78. The number of hydrogen-bond acceptors (Lipinski definition) is 3. The Balaban J connectivity index is 1.54. The van der Waals surface area contributed by atoms with Crippen molar-refractivity contribution in [2.75, 3.05) is 39.3 Å². The molecule has 3 unspecified atom stereocenters. The highest BCUT2D eigenvalue weighted by Gasteiger charge is 2.38. The molecule has 2 aliphatic heterocycles. The first-order chi connectivity index (χ1) is 9.71. The summed E-state index contributed by atoms with van der Waals surface area (Å²) >= 11 is 0. The Bertz CT molecular complexity index is 316. The Hall–Kier alpha value is -0.120. The Labute approximate surface area is 124 Å². The number of aliphatic hydroxyl groups excluding tert-OH is 1. The van der Waals surface area contributed by atoms with Gasteiger partial charge in [-0.25, -0.2) is 0 Å². The Morgan fingerprint density at radius 1 is 1.10 bits per heavy atom. The van der Waals surface area contributed by atoms with Crippen molar-refractivity contribution < 1.29 is 5.11 Å². The smallest absolute Gasteiger partial charge is 0.0499 e. The van der Waals surface area contributed by atoms with Gasteiger partial charge in [0.2, 0.25) is 0 Å². The zero-order chi connectivity index (χ0) is 14.0. The molecule has 0 aromatic carbocycles. The summed E-state index contributed by atoms with van der Waals surface area (Å²) in [6.45, 7) is 9.02. The number of aliphatic hydroxyl groups is 1. The van der Waals surface area contributed by atoms with Gasteiger partial charge < -0.3 is 10.0 Å². The van der Waals surface area contributed by atoms with Gasteiger partial charge in [0.05, 0.1) is 0 Å². The Morgan fingerprint density at radius 3 is 2.60 bits per heavy atom. The summed E-state index contributed by atoms with van der Waals surface area (Å²) < 4.78 is 0. The van der Waals surface area contributed by atoms with Crippen LogP contribution in [0.2, 0.25) is 0 Å². The van der Waals surface area contributed by atoms with Crippen LogP contribution in [0.15, 0.2) is 0 Å². The molecule has 1 N–H and O–H groups in total. The van der Waals surface area contributed by atoms with E-state index >= 15 is 0 Å². The van der Waals surface area contributed by atoms with Crippen LogP contribution in [0.25, 0.3) is 0 Å². The van der Waals surface area contributed by atoms with Gasteiger partial charge in [0.15, 0.2) is 0 Å². The molecule has 0 spiro atoms. The monoisotopic (exact) mass is 280 g/mol. The number of likely N-dealkylation sites (tertiary alicyclic amines) is 2. The average Bonchev–Trinajstić information content (AvgIpc) is 3.09. The summed E-state index contributed by atoms with van der Waals surface area (Å²) in [6, 6.07) is 0.800. The molecule has 1 aliphatic carbocycles. The minimum atomic E-state index is 0.206. The molecule has 0 amide bonds. The summed E-state index contributed by atoms with van der Waals surface area (Å²) in [5.41, 5.74) is 0.206. The molecule has 3 rings (SSSR count). The van der Waals surface area contributed by atoms with E-state index in [4.69, 9.17) is 0 Å². The van der Waals surface area contributed by atoms with Crippen LogP contribution in [-0.4, -0.2) is 60.3 Å². The van der Waals surface area contributed by atoms with Crippen LogP contribution in [0.1, 0.15) is 51.9 Å². The van der Waals surface area contributed by atoms with Gasteiger partial charge in [0.25, 0.3) is 0 Å². The van der Waals surface area contributed by atoms with E-state index in [1.807, 2.05) is 0 Å². The van der Waals surface area contributed by atoms with Gasteiger partial charge in [0, 0.05) is 31.2 Å². The van der Waals surface area contributed by atoms with Gasteiger partial charge in [-0.05, 0) is 57.7 Å². The van der Waals surface area contributed by atoms with E-state index in [1.165, 1.54) is 71.1 Å². The van der Waals surface area contributed by atoms with Gasteiger partial charge in [0.1, 0.15) is 0 Å². The lowest BCUT2D eigenvalue weighted by Gasteiger charge is -2.41. The zero-order valence-corrected chi connectivity index (χ0v) is 13.2. The fourth-order valence-electron chi connectivity index (χ4n) is 4.94. The lowest BCUT2D eigenvalue weighted by atomic mass is 9.70. The molecule has 20 heavy (non-hydrogen) atoms. The molecule has 3 aliphatic rings. The predicted molar refractivity (Wildman–Crippen MR) is 82.8 cm³/mol. The highest BCUT2D eigenvalue weighted by molar-refractivity contribution is 4.92. The van der Waals surface area contributed by atoms with Crippen LogP contribution in [0.5, 0.6) is 0 Å². The summed E-state index contributed by atoms with van der Waals surface area (Å²) in [6.07, 6.45) is 9.27. The van der Waals surface area contributed by atoms with Crippen LogP contribution >= 0.6 is 0 Å². The number of rotatable bonds is 4. The third-order valence-corrected chi connectivity index (χ3v) is 5.98. The molecule has 3 atom stereocenters. The number of hydrogen-bond donors (Lipinski definition) is 1. The van der Waals surface area contributed by atoms with E-state index < -0.39 is 0 Å². The molecule has 116 valence electrons. The largest absolute Gasteiger partial charge is 0.396 e. The van der Waals surface area contributed by atoms with E-state index in [0.717, 1.165) is 18.5 Å². The second kappa shape index (κ2) is 6.33. The van der Waals surface area contributed by atoms with E-state index in [1.54, 1.807) is 0 Å². The van der Waals surface area contributed by atoms with Crippen molar-refractivity contribution >= 4 is 0 Å². The summed E-state index contributed by atoms with van der Waals surface area (Å²) in [4.78, 5) is 5.35. The molecular weight excluding hydrogens is 248 g/mol. The molecule has 2 heterocycles. The van der Waals surface area contributed by atoms with Crippen LogP contribution < -0.4 is 0 Å². The van der Waals surface area contributed by atoms with Gasteiger partial charge in [-0.1, -0.05) is 19.8 Å². The van der Waals surface area contributed by atoms with Crippen LogP contribution in [0, 0.1) is 11.3 Å². The minimum Gasteiger partial charge on any atom is -0.396 e. The predicted octanol–water partition coefficient (Wildman–Crippen LogP) is 2.35. The van der Waals surface area contributed by atoms with E-state index in [2.05, 4.69) is 16.7 Å². The quantitative estimate of drug-likeness (QED) is 0.856. The molecule has 3 nitrogen and oxygen atoms in total. The number of nitrogens with zero attached hydrogens (tertiary/aromatic N) is 2. The molecule has 0 radical (unpaired) electrons. The van der Waals surface area contributed by atoms with Crippen molar-refractivity contribution in [2.24, 2.45) is 11.3 Å². The maximum atomic E-state index is 9.96. The summed E-state index contributed by atoms with van der Waals surface area (Å²) in [5, 5.41) is 9.96. The molecule has 2 saturated heterocycles. The molecule has 3 fully saturated rings. The van der Waals surface area contributed by atoms with E-state index in [0.29, 0.717) is 6.61 Å². The normalized spacial score (nSPS) is 40.5. The van der Waals surface area contributed by atoms with Crippen LogP contribution in [-0.2, 0) is 0 Å². The standard InChI is InChI=1S/C17H32N2O/c1-15-5-4-7-17(11-15,14-20)13-18-10-6-16(12-18)19-8-2-3-9-19/h15-16,20H,2-14H2,1H3. The molecular formula is C17H32N2O. The fourth-order valence-corrected chi connectivity index (χ4v) is 4.94. The molecule has 0 aromatic rings. The lowest BCUT2D eigenvalue weighted by Crippen LogP contribution is -2.43. The van der Waals surface area contributed by atoms with Gasteiger partial charge in [-0.3, -0.25) is 4.90 Å². The first-order valence-electron chi connectivity index (χ1n) is 8.78. The molecule has 3 heteroatoms. The van der Waals surface area contributed by atoms with Crippen molar-refractivity contribution in [3.05, 3.63) is 0 Å². The third kappa shape index (κ3) is 3.20. The fraction of sp³-hybridized carbons (Fsp3) is 1.00. The summed E-state index contributed by atoms with van der Waals surface area (Å²) in [5.74, 6) is 0.799. The molecule has 1 saturated carbocycles. The topological polar surface area (TPSA) is 26.7 Å². The molecule has 0 bridgehead atoms. The highest BCUT2D eigenvalue weighted by Crippen LogP contribution is 2.40. The maximum Gasteiger partial charge on any atom is 0.0499 e. The van der Waals surface area contributed by atoms with Crippen LogP contribution in [0.3, 0.4) is 0 Å². The SMILES string of the molecule is CC1CCCC(CO)(CN2CCC(N3CCCC3)C2)C1. The van der Waals surface area contributed by atoms with Crippen LogP contribution in [0.4, 0.5) is 0 Å². The zero-order valence-electron chi connectivity index (χ0n) is 13.2. The minimum absolute atomic E-state index is 0.206. The van der Waals surface area contributed by atoms with Crippen molar-refractivity contribution in [3.8, 4) is 0 Å². The lowest BCUT2D eigenvalue weighted by molar-refractivity contribution is 0.0285. The second-order valence-electron chi connectivity index (χ2n) is 7.78. The van der Waals surface area contributed by atoms with Gasteiger partial charge >= 0.3 is 0 Å². The maximum absolute atomic E-state index is 9.96. The van der Waals surface area contributed by atoms with E-state index in [-0.39, 0.29) is 5.41 Å². The first-order valence-corrected chi connectivity index (χ1v) is 8.78. The first kappa shape index (κ1) is 14.8. The molecule has 0 aromatic heterocycles. The Morgan fingerprint density at radius 2 is 1.90 bits per heavy atom. The van der Waals surface area contributed by atoms with Crippen molar-refractivity contribution in [3.63, 3.8) is 0 Å². The third-order valence-electron chi connectivity index (χ3n) is 5.98. The Kier molecular flexibility index (Phi) is 4.68. The van der Waals surface area contributed by atoms with Crippen molar-refractivity contribution in [1.29, 1.82) is 0 Å². The summed E-state index contributed by atoms with van der Waals surface area (Å²) in [7, 11) is 0. The van der Waals surface area contributed by atoms with E-state index in [9.17, 15) is 5.11 Å².